The Kier molecular flexibility index (Phi) is 4.85. The van der Waals surface area contributed by atoms with Gasteiger partial charge in [-0.2, -0.15) is 5.26 Å². The number of halogens is 1. The van der Waals surface area contributed by atoms with E-state index >= 15 is 0 Å². The van der Waals surface area contributed by atoms with Crippen LogP contribution in [0.25, 0.3) is 0 Å². The molecule has 0 saturated heterocycles. The molecule has 0 radical (unpaired) electrons. The standard InChI is InChI=1S/C14H17FN2O/c1-4-17(9-11(3)8-16)14(18)12-6-5-10(2)7-13(12)15/h5-7,11H,4,9H2,1-3H3. The number of hydrogen-bond acceptors (Lipinski definition) is 2. The Morgan fingerprint density at radius 3 is 2.72 bits per heavy atom. The first kappa shape index (κ1) is 14.2. The summed E-state index contributed by atoms with van der Waals surface area (Å²) in [6.45, 7) is 6.10. The van der Waals surface area contributed by atoms with Gasteiger partial charge in [-0.1, -0.05) is 6.07 Å². The third-order valence-corrected chi connectivity index (χ3v) is 2.74. The molecule has 3 nitrogen and oxygen atoms in total. The number of hydrogen-bond donors (Lipinski definition) is 0. The van der Waals surface area contributed by atoms with Crippen LogP contribution >= 0.6 is 0 Å². The van der Waals surface area contributed by atoms with Crippen LogP contribution in [0.4, 0.5) is 4.39 Å². The van der Waals surface area contributed by atoms with Crippen LogP contribution in [0, 0.1) is 30.0 Å². The quantitative estimate of drug-likeness (QED) is 0.822. The van der Waals surface area contributed by atoms with Gasteiger partial charge in [-0.15, -0.1) is 0 Å². The summed E-state index contributed by atoms with van der Waals surface area (Å²) in [5.41, 5.74) is 0.838. The average molecular weight is 248 g/mol. The fraction of sp³-hybridized carbons (Fsp3) is 0.429. The lowest BCUT2D eigenvalue weighted by Crippen LogP contribution is -2.34. The van der Waals surface area contributed by atoms with E-state index in [1.165, 1.54) is 17.0 Å². The SMILES string of the molecule is CCN(CC(C)C#N)C(=O)c1ccc(C)cc1F. The molecule has 1 amide bonds. The Morgan fingerprint density at radius 1 is 1.56 bits per heavy atom. The molecular weight excluding hydrogens is 231 g/mol. The Balaban J connectivity index is 2.94. The molecule has 0 saturated carbocycles. The Bertz CT molecular complexity index is 479. The normalized spacial score (nSPS) is 11.7. The first-order chi connectivity index (χ1) is 8.49. The van der Waals surface area contributed by atoms with Crippen molar-refractivity contribution in [3.05, 3.63) is 35.1 Å². The van der Waals surface area contributed by atoms with E-state index < -0.39 is 5.82 Å². The zero-order chi connectivity index (χ0) is 13.7. The number of aryl methyl sites for hydroxylation is 1. The molecule has 0 aliphatic carbocycles. The van der Waals surface area contributed by atoms with Crippen LogP contribution in [0.1, 0.15) is 29.8 Å². The van der Waals surface area contributed by atoms with Crippen LogP contribution in [0.15, 0.2) is 18.2 Å². The molecule has 1 atom stereocenters. The summed E-state index contributed by atoms with van der Waals surface area (Å²) in [6, 6.07) is 6.61. The molecule has 1 aromatic rings. The van der Waals surface area contributed by atoms with Crippen molar-refractivity contribution >= 4 is 5.91 Å². The minimum atomic E-state index is -0.511. The Labute approximate surface area is 107 Å². The summed E-state index contributed by atoms with van der Waals surface area (Å²) in [4.78, 5) is 13.6. The molecule has 0 fully saturated rings. The molecule has 96 valence electrons. The molecule has 0 heterocycles. The molecule has 0 aromatic heterocycles. The second-order valence-corrected chi connectivity index (χ2v) is 4.36. The van der Waals surface area contributed by atoms with Crippen molar-refractivity contribution in [1.82, 2.24) is 4.90 Å². The number of benzene rings is 1. The summed E-state index contributed by atoms with van der Waals surface area (Å²) < 4.78 is 13.7. The third kappa shape index (κ3) is 3.30. The van der Waals surface area contributed by atoms with E-state index in [4.69, 9.17) is 5.26 Å². The molecule has 0 bridgehead atoms. The zero-order valence-electron chi connectivity index (χ0n) is 10.9. The number of nitriles is 1. The van der Waals surface area contributed by atoms with Crippen LogP contribution in [-0.4, -0.2) is 23.9 Å². The third-order valence-electron chi connectivity index (χ3n) is 2.74. The maximum Gasteiger partial charge on any atom is 0.256 e. The van der Waals surface area contributed by atoms with Crippen LogP contribution in [-0.2, 0) is 0 Å². The molecular formula is C14H17FN2O. The first-order valence-corrected chi connectivity index (χ1v) is 5.94. The minimum Gasteiger partial charge on any atom is -0.338 e. The highest BCUT2D eigenvalue weighted by Crippen LogP contribution is 2.13. The number of nitrogens with zero attached hydrogens (tertiary/aromatic N) is 2. The average Bonchev–Trinajstić information content (AvgIpc) is 2.34. The van der Waals surface area contributed by atoms with Gasteiger partial charge in [-0.3, -0.25) is 4.79 Å². The summed E-state index contributed by atoms with van der Waals surface area (Å²) in [5.74, 6) is -1.14. The smallest absolute Gasteiger partial charge is 0.256 e. The maximum absolute atomic E-state index is 13.7. The fourth-order valence-corrected chi connectivity index (χ4v) is 1.69. The Hall–Kier alpha value is -1.89. The molecule has 0 spiro atoms. The van der Waals surface area contributed by atoms with Crippen LogP contribution < -0.4 is 0 Å². The van der Waals surface area contributed by atoms with Crippen LogP contribution in [0.3, 0.4) is 0 Å². The number of carbonyl (C=O) groups is 1. The molecule has 0 aliphatic heterocycles. The lowest BCUT2D eigenvalue weighted by Gasteiger charge is -2.22. The molecule has 18 heavy (non-hydrogen) atoms. The van der Waals surface area contributed by atoms with Crippen molar-refractivity contribution in [3.8, 4) is 6.07 Å². The zero-order valence-corrected chi connectivity index (χ0v) is 10.9. The highest BCUT2D eigenvalue weighted by Gasteiger charge is 2.19. The first-order valence-electron chi connectivity index (χ1n) is 5.94. The number of carbonyl (C=O) groups excluding carboxylic acids is 1. The lowest BCUT2D eigenvalue weighted by molar-refractivity contribution is 0.0748. The second-order valence-electron chi connectivity index (χ2n) is 4.36. The van der Waals surface area contributed by atoms with E-state index in [1.807, 2.05) is 6.92 Å². The molecule has 1 aromatic carbocycles. The van der Waals surface area contributed by atoms with Gasteiger partial charge in [0.1, 0.15) is 5.82 Å². The minimum absolute atomic E-state index is 0.0626. The van der Waals surface area contributed by atoms with E-state index in [-0.39, 0.29) is 17.4 Å². The van der Waals surface area contributed by atoms with Crippen molar-refractivity contribution in [2.75, 3.05) is 13.1 Å². The molecule has 0 N–H and O–H groups in total. The van der Waals surface area contributed by atoms with Gasteiger partial charge in [0.05, 0.1) is 17.6 Å². The highest BCUT2D eigenvalue weighted by atomic mass is 19.1. The van der Waals surface area contributed by atoms with Crippen molar-refractivity contribution < 1.29 is 9.18 Å². The van der Waals surface area contributed by atoms with Gasteiger partial charge in [-0.05, 0) is 38.5 Å². The molecule has 1 rings (SSSR count). The summed E-state index contributed by atoms with van der Waals surface area (Å²) >= 11 is 0. The van der Waals surface area contributed by atoms with Gasteiger partial charge in [0.25, 0.3) is 5.91 Å². The fourth-order valence-electron chi connectivity index (χ4n) is 1.69. The molecule has 1 unspecified atom stereocenters. The van der Waals surface area contributed by atoms with Crippen LogP contribution in [0.2, 0.25) is 0 Å². The van der Waals surface area contributed by atoms with Gasteiger partial charge in [0.2, 0.25) is 0 Å². The van der Waals surface area contributed by atoms with Gasteiger partial charge >= 0.3 is 0 Å². The molecule has 4 heteroatoms. The predicted octanol–water partition coefficient (Wildman–Crippen LogP) is 2.76. The van der Waals surface area contributed by atoms with E-state index in [2.05, 4.69) is 6.07 Å². The van der Waals surface area contributed by atoms with Gasteiger partial charge in [0, 0.05) is 13.1 Å². The largest absolute Gasteiger partial charge is 0.338 e. The van der Waals surface area contributed by atoms with Crippen molar-refractivity contribution in [3.63, 3.8) is 0 Å². The lowest BCUT2D eigenvalue weighted by atomic mass is 10.1. The monoisotopic (exact) mass is 248 g/mol. The van der Waals surface area contributed by atoms with Gasteiger partial charge < -0.3 is 4.90 Å². The highest BCUT2D eigenvalue weighted by molar-refractivity contribution is 5.94. The van der Waals surface area contributed by atoms with E-state index in [1.54, 1.807) is 19.9 Å². The van der Waals surface area contributed by atoms with Gasteiger partial charge in [-0.25, -0.2) is 4.39 Å². The van der Waals surface area contributed by atoms with Gasteiger partial charge in [0.15, 0.2) is 0 Å². The van der Waals surface area contributed by atoms with E-state index in [0.717, 1.165) is 5.56 Å². The van der Waals surface area contributed by atoms with Crippen LogP contribution in [0.5, 0.6) is 0 Å². The number of amides is 1. The topological polar surface area (TPSA) is 44.1 Å². The van der Waals surface area contributed by atoms with E-state index in [9.17, 15) is 9.18 Å². The predicted molar refractivity (Wildman–Crippen MR) is 67.5 cm³/mol. The second kappa shape index (κ2) is 6.15. The summed E-state index contributed by atoms with van der Waals surface area (Å²) in [5, 5.41) is 8.76. The maximum atomic E-state index is 13.7. The van der Waals surface area contributed by atoms with E-state index in [0.29, 0.717) is 13.1 Å². The molecule has 0 aliphatic rings. The number of rotatable bonds is 4. The van der Waals surface area contributed by atoms with Crippen molar-refractivity contribution in [1.29, 1.82) is 5.26 Å². The summed E-state index contributed by atoms with van der Waals surface area (Å²) in [7, 11) is 0. The van der Waals surface area contributed by atoms with Crippen molar-refractivity contribution in [2.45, 2.75) is 20.8 Å². The Morgan fingerprint density at radius 2 is 2.22 bits per heavy atom. The van der Waals surface area contributed by atoms with Crippen molar-refractivity contribution in [2.24, 2.45) is 5.92 Å². The summed E-state index contributed by atoms with van der Waals surface area (Å²) in [6.07, 6.45) is 0.